The topological polar surface area (TPSA) is 86.8 Å². The van der Waals surface area contributed by atoms with Crippen molar-refractivity contribution < 1.29 is 22.4 Å². The fourth-order valence-corrected chi connectivity index (χ4v) is 6.12. The van der Waals surface area contributed by atoms with Crippen molar-refractivity contribution in [1.82, 2.24) is 4.31 Å². The third-order valence-corrected chi connectivity index (χ3v) is 8.37. The van der Waals surface area contributed by atoms with E-state index in [1.165, 1.54) is 23.4 Å². The molecule has 7 nitrogen and oxygen atoms in total. The molecule has 0 radical (unpaired) electrons. The van der Waals surface area contributed by atoms with E-state index in [-0.39, 0.29) is 28.4 Å². The first kappa shape index (κ1) is 23.4. The molecule has 2 heterocycles. The molecule has 2 amide bonds. The van der Waals surface area contributed by atoms with Gasteiger partial charge in [0.05, 0.1) is 4.90 Å². The summed E-state index contributed by atoms with van der Waals surface area (Å²) in [6.07, 6.45) is 2.13. The van der Waals surface area contributed by atoms with Crippen molar-refractivity contribution in [2.24, 2.45) is 5.92 Å². The molecule has 0 unspecified atom stereocenters. The molecule has 33 heavy (non-hydrogen) atoms. The first-order valence-electron chi connectivity index (χ1n) is 11.1. The van der Waals surface area contributed by atoms with Gasteiger partial charge < -0.3 is 10.2 Å². The smallest absolute Gasteiger partial charge is 0.243 e. The van der Waals surface area contributed by atoms with Gasteiger partial charge in [-0.05, 0) is 79.6 Å². The number of carbonyl (C=O) groups excluding carboxylic acids is 2. The molecule has 0 aromatic heterocycles. The van der Waals surface area contributed by atoms with Crippen LogP contribution < -0.4 is 10.2 Å². The molecule has 0 saturated carbocycles. The Kier molecular flexibility index (Phi) is 6.54. The number of amides is 2. The van der Waals surface area contributed by atoms with E-state index >= 15 is 0 Å². The quantitative estimate of drug-likeness (QED) is 0.721. The van der Waals surface area contributed by atoms with Crippen LogP contribution in [0.1, 0.15) is 37.3 Å². The number of carbonyl (C=O) groups is 2. The molecule has 0 bridgehead atoms. The Labute approximate surface area is 193 Å². The van der Waals surface area contributed by atoms with Crippen LogP contribution in [0.3, 0.4) is 0 Å². The highest BCUT2D eigenvalue weighted by molar-refractivity contribution is 7.89. The summed E-state index contributed by atoms with van der Waals surface area (Å²) < 4.78 is 41.1. The number of nitrogens with zero attached hydrogens (tertiary/aromatic N) is 2. The number of fused-ring (bicyclic) bond motifs is 1. The number of sulfonamides is 1. The SMILES string of the molecule is CC(=O)N1CCc2cc(S(=O)(=O)N3CCC(CC(=O)Nc4ccc(F)cc4C)CC3)ccc21. The van der Waals surface area contributed by atoms with Crippen LogP contribution in [0, 0.1) is 18.7 Å². The number of aryl methyl sites for hydroxylation is 1. The minimum absolute atomic E-state index is 0.0509. The first-order valence-corrected chi connectivity index (χ1v) is 12.6. The van der Waals surface area contributed by atoms with Crippen LogP contribution in [0.25, 0.3) is 0 Å². The number of halogens is 1. The molecule has 2 aromatic rings. The Morgan fingerprint density at radius 3 is 2.48 bits per heavy atom. The van der Waals surface area contributed by atoms with Gasteiger partial charge in [0.25, 0.3) is 0 Å². The van der Waals surface area contributed by atoms with Gasteiger partial charge in [0, 0.05) is 44.4 Å². The van der Waals surface area contributed by atoms with Crippen molar-refractivity contribution in [3.05, 3.63) is 53.3 Å². The van der Waals surface area contributed by atoms with Crippen LogP contribution in [0.5, 0.6) is 0 Å². The molecule has 176 valence electrons. The van der Waals surface area contributed by atoms with Crippen LogP contribution in [0.4, 0.5) is 15.8 Å². The van der Waals surface area contributed by atoms with Crippen LogP contribution in [0.2, 0.25) is 0 Å². The minimum atomic E-state index is -3.64. The van der Waals surface area contributed by atoms with Crippen molar-refractivity contribution in [2.45, 2.75) is 44.4 Å². The van der Waals surface area contributed by atoms with Crippen molar-refractivity contribution in [1.29, 1.82) is 0 Å². The van der Waals surface area contributed by atoms with Gasteiger partial charge in [-0.3, -0.25) is 9.59 Å². The van der Waals surface area contributed by atoms with Gasteiger partial charge >= 0.3 is 0 Å². The summed E-state index contributed by atoms with van der Waals surface area (Å²) in [4.78, 5) is 26.1. The van der Waals surface area contributed by atoms with E-state index in [0.29, 0.717) is 56.6 Å². The molecule has 2 aliphatic rings. The largest absolute Gasteiger partial charge is 0.326 e. The summed E-state index contributed by atoms with van der Waals surface area (Å²) in [5.74, 6) is -0.468. The van der Waals surface area contributed by atoms with Gasteiger partial charge in [-0.25, -0.2) is 12.8 Å². The maximum atomic E-state index is 13.2. The number of rotatable bonds is 5. The van der Waals surface area contributed by atoms with Crippen LogP contribution in [0.15, 0.2) is 41.3 Å². The molecule has 9 heteroatoms. The third kappa shape index (κ3) is 4.94. The van der Waals surface area contributed by atoms with E-state index in [1.807, 2.05) is 0 Å². The van der Waals surface area contributed by atoms with E-state index in [4.69, 9.17) is 0 Å². The molecule has 1 saturated heterocycles. The number of benzene rings is 2. The summed E-state index contributed by atoms with van der Waals surface area (Å²) in [5.41, 5.74) is 2.89. The first-order chi connectivity index (χ1) is 15.6. The number of hydrogen-bond donors (Lipinski definition) is 1. The average Bonchev–Trinajstić information content (AvgIpc) is 3.20. The lowest BCUT2D eigenvalue weighted by molar-refractivity contribution is -0.117. The highest BCUT2D eigenvalue weighted by atomic mass is 32.2. The van der Waals surface area contributed by atoms with Crippen molar-refractivity contribution >= 4 is 33.2 Å². The Morgan fingerprint density at radius 1 is 1.09 bits per heavy atom. The lowest BCUT2D eigenvalue weighted by Gasteiger charge is -2.31. The van der Waals surface area contributed by atoms with Crippen molar-refractivity contribution in [3.8, 4) is 0 Å². The van der Waals surface area contributed by atoms with Crippen LogP contribution >= 0.6 is 0 Å². The normalized spacial score (nSPS) is 17.1. The van der Waals surface area contributed by atoms with Gasteiger partial charge in [0.15, 0.2) is 0 Å². The predicted molar refractivity (Wildman–Crippen MR) is 124 cm³/mol. The standard InChI is InChI=1S/C24H28FN3O4S/c1-16-13-20(25)3-5-22(16)26-24(30)14-18-7-10-27(11-8-18)33(31,32)21-4-6-23-19(15-21)9-12-28(23)17(2)29/h3-6,13,15,18H,7-12,14H2,1-2H3,(H,26,30). The Balaban J connectivity index is 1.35. The monoisotopic (exact) mass is 473 g/mol. The molecule has 0 spiro atoms. The lowest BCUT2D eigenvalue weighted by atomic mass is 9.94. The second-order valence-corrected chi connectivity index (χ2v) is 10.7. The zero-order valence-electron chi connectivity index (χ0n) is 18.8. The maximum absolute atomic E-state index is 13.2. The van der Waals surface area contributed by atoms with Gasteiger partial charge in [-0.15, -0.1) is 0 Å². The molecule has 4 rings (SSSR count). The molecule has 0 aliphatic carbocycles. The average molecular weight is 474 g/mol. The fourth-order valence-electron chi connectivity index (χ4n) is 4.60. The zero-order chi connectivity index (χ0) is 23.8. The zero-order valence-corrected chi connectivity index (χ0v) is 19.6. The summed E-state index contributed by atoms with van der Waals surface area (Å²) in [7, 11) is -3.64. The summed E-state index contributed by atoms with van der Waals surface area (Å²) in [6, 6.07) is 9.19. The van der Waals surface area contributed by atoms with Crippen LogP contribution in [-0.2, 0) is 26.0 Å². The lowest BCUT2D eigenvalue weighted by Crippen LogP contribution is -2.39. The molecule has 2 aliphatic heterocycles. The molecule has 1 N–H and O–H groups in total. The highest BCUT2D eigenvalue weighted by Crippen LogP contribution is 2.32. The second kappa shape index (κ2) is 9.23. The van der Waals surface area contributed by atoms with Crippen LogP contribution in [-0.4, -0.2) is 44.2 Å². The molecule has 1 fully saturated rings. The van der Waals surface area contributed by atoms with E-state index in [9.17, 15) is 22.4 Å². The number of hydrogen-bond acceptors (Lipinski definition) is 4. The summed E-state index contributed by atoms with van der Waals surface area (Å²) in [5, 5.41) is 2.82. The Hall–Kier alpha value is -2.78. The Bertz CT molecular complexity index is 1190. The number of anilines is 2. The number of piperidine rings is 1. The highest BCUT2D eigenvalue weighted by Gasteiger charge is 2.32. The predicted octanol–water partition coefficient (Wildman–Crippen LogP) is 3.47. The fraction of sp³-hybridized carbons (Fsp3) is 0.417. The van der Waals surface area contributed by atoms with E-state index in [2.05, 4.69) is 5.32 Å². The minimum Gasteiger partial charge on any atom is -0.326 e. The van der Waals surface area contributed by atoms with Crippen molar-refractivity contribution in [3.63, 3.8) is 0 Å². The molecule has 2 aromatic carbocycles. The molecular weight excluding hydrogens is 445 g/mol. The molecule has 0 atom stereocenters. The Morgan fingerprint density at radius 2 is 1.82 bits per heavy atom. The van der Waals surface area contributed by atoms with Gasteiger partial charge in [-0.2, -0.15) is 4.31 Å². The maximum Gasteiger partial charge on any atom is 0.243 e. The second-order valence-electron chi connectivity index (χ2n) is 8.77. The van der Waals surface area contributed by atoms with E-state index in [1.54, 1.807) is 36.1 Å². The van der Waals surface area contributed by atoms with E-state index in [0.717, 1.165) is 11.3 Å². The summed E-state index contributed by atoms with van der Waals surface area (Å²) >= 11 is 0. The third-order valence-electron chi connectivity index (χ3n) is 6.47. The van der Waals surface area contributed by atoms with Gasteiger partial charge in [0.2, 0.25) is 21.8 Å². The van der Waals surface area contributed by atoms with Gasteiger partial charge in [-0.1, -0.05) is 0 Å². The van der Waals surface area contributed by atoms with Gasteiger partial charge in [0.1, 0.15) is 5.82 Å². The number of nitrogens with one attached hydrogen (secondary N) is 1. The van der Waals surface area contributed by atoms with Crippen molar-refractivity contribution in [2.75, 3.05) is 29.9 Å². The van der Waals surface area contributed by atoms with E-state index < -0.39 is 10.0 Å². The molecular formula is C24H28FN3O4S. The summed E-state index contributed by atoms with van der Waals surface area (Å²) in [6.45, 7) is 4.52.